The average Bonchev–Trinajstić information content (AvgIpc) is 4.09. The number of anilines is 3. The summed E-state index contributed by atoms with van der Waals surface area (Å²) < 4.78 is 8.92. The van der Waals surface area contributed by atoms with Gasteiger partial charge >= 0.3 is 0 Å². The molecule has 0 N–H and O–H groups in total. The largest absolute Gasteiger partial charge is 0.456 e. The summed E-state index contributed by atoms with van der Waals surface area (Å²) in [6.45, 7) is 4.77. The van der Waals surface area contributed by atoms with Crippen molar-refractivity contribution in [1.29, 1.82) is 0 Å². The molecule has 1 aliphatic carbocycles. The molecule has 340 valence electrons. The first-order valence-corrected chi connectivity index (χ1v) is 25.6. The van der Waals surface area contributed by atoms with Crippen molar-refractivity contribution in [1.82, 2.24) is 0 Å². The molecule has 0 bridgehead atoms. The first-order chi connectivity index (χ1) is 35.4. The van der Waals surface area contributed by atoms with Crippen molar-refractivity contribution in [3.05, 3.63) is 260 Å². The second kappa shape index (κ2) is 16.7. The fraction of sp³-hybridized carbons (Fsp3) is 0.0435. The lowest BCUT2D eigenvalue weighted by atomic mass is 9.78. The van der Waals surface area contributed by atoms with Crippen LogP contribution in [0.15, 0.2) is 253 Å². The molecule has 0 radical (unpaired) electrons. The van der Waals surface area contributed by atoms with Crippen LogP contribution in [0.2, 0.25) is 0 Å². The summed E-state index contributed by atoms with van der Waals surface area (Å²) in [6.07, 6.45) is 0. The molecule has 0 fully saturated rings. The number of furan rings is 1. The first kappa shape index (κ1) is 42.1. The number of thiophene rings is 1. The minimum atomic E-state index is -0.177. The summed E-state index contributed by atoms with van der Waals surface area (Å²) in [5.41, 5.74) is 22.3. The number of hydrogen-bond donors (Lipinski definition) is 0. The highest BCUT2D eigenvalue weighted by Gasteiger charge is 2.38. The lowest BCUT2D eigenvalue weighted by Gasteiger charge is -2.26. The van der Waals surface area contributed by atoms with Gasteiger partial charge in [0.25, 0.3) is 0 Å². The molecule has 0 saturated heterocycles. The highest BCUT2D eigenvalue weighted by atomic mass is 32.1. The zero-order chi connectivity index (χ0) is 47.9. The number of fused-ring (bicyclic) bond motifs is 9. The van der Waals surface area contributed by atoms with Crippen LogP contribution in [0.4, 0.5) is 17.1 Å². The van der Waals surface area contributed by atoms with Gasteiger partial charge in [-0.1, -0.05) is 184 Å². The fourth-order valence-corrected chi connectivity index (χ4v) is 12.7. The van der Waals surface area contributed by atoms with Crippen molar-refractivity contribution in [3.63, 3.8) is 0 Å². The Morgan fingerprint density at radius 2 is 0.833 bits per heavy atom. The maximum absolute atomic E-state index is 6.29. The van der Waals surface area contributed by atoms with E-state index in [4.69, 9.17) is 4.42 Å². The van der Waals surface area contributed by atoms with Gasteiger partial charge in [0.15, 0.2) is 0 Å². The molecule has 1 aliphatic rings. The number of rotatable bonds is 8. The summed E-state index contributed by atoms with van der Waals surface area (Å²) in [6, 6.07) is 91.1. The lowest BCUT2D eigenvalue weighted by Crippen LogP contribution is -2.16. The van der Waals surface area contributed by atoms with Gasteiger partial charge in [-0.2, -0.15) is 0 Å². The molecule has 11 aromatic carbocycles. The Kier molecular flexibility index (Phi) is 9.77. The van der Waals surface area contributed by atoms with Gasteiger partial charge in [0.05, 0.1) is 0 Å². The van der Waals surface area contributed by atoms with Crippen LogP contribution in [0.5, 0.6) is 0 Å². The van der Waals surface area contributed by atoms with E-state index in [1.54, 1.807) is 0 Å². The van der Waals surface area contributed by atoms with E-state index in [1.807, 2.05) is 23.5 Å². The van der Waals surface area contributed by atoms with Crippen molar-refractivity contribution in [2.45, 2.75) is 19.3 Å². The Morgan fingerprint density at radius 1 is 0.333 bits per heavy atom. The SMILES string of the molecule is CC1(C)c2ccc(-c3ccc(N(c4ccc(-c5ccc6c(c5)sc5ccccc56)cc4)c4ccc(-c5cccc6oc7ccccc7c56)cc4)cc3)cc2-c2cc(-c3ccccc3)cc(-c3ccccc3)c21. The van der Waals surface area contributed by atoms with Gasteiger partial charge in [0.2, 0.25) is 0 Å². The minimum absolute atomic E-state index is 0.177. The lowest BCUT2D eigenvalue weighted by molar-refractivity contribution is 0.662. The summed E-state index contributed by atoms with van der Waals surface area (Å²) in [7, 11) is 0. The second-order valence-corrected chi connectivity index (χ2v) is 20.7. The van der Waals surface area contributed by atoms with Gasteiger partial charge in [-0.3, -0.25) is 0 Å². The predicted octanol–water partition coefficient (Wildman–Crippen LogP) is 20.1. The van der Waals surface area contributed by atoms with Crippen molar-refractivity contribution in [3.8, 4) is 66.8 Å². The van der Waals surface area contributed by atoms with Gasteiger partial charge in [-0.25, -0.2) is 0 Å². The molecule has 0 spiro atoms. The Balaban J connectivity index is 0.851. The van der Waals surface area contributed by atoms with Crippen molar-refractivity contribution in [2.75, 3.05) is 4.90 Å². The zero-order valence-electron chi connectivity index (χ0n) is 39.9. The second-order valence-electron chi connectivity index (χ2n) is 19.6. The molecular weight excluding hydrogens is 891 g/mol. The summed E-state index contributed by atoms with van der Waals surface area (Å²) in [5.74, 6) is 0. The third-order valence-electron chi connectivity index (χ3n) is 15.1. The smallest absolute Gasteiger partial charge is 0.136 e. The van der Waals surface area contributed by atoms with Crippen LogP contribution in [0.25, 0.3) is 109 Å². The van der Waals surface area contributed by atoms with Crippen LogP contribution in [0, 0.1) is 0 Å². The van der Waals surface area contributed by atoms with E-state index in [2.05, 4.69) is 255 Å². The van der Waals surface area contributed by atoms with Crippen LogP contribution < -0.4 is 4.90 Å². The molecule has 0 aliphatic heterocycles. The van der Waals surface area contributed by atoms with E-state index in [0.29, 0.717) is 0 Å². The first-order valence-electron chi connectivity index (χ1n) is 24.8. The molecule has 0 unspecified atom stereocenters. The van der Waals surface area contributed by atoms with Crippen molar-refractivity contribution in [2.24, 2.45) is 0 Å². The maximum Gasteiger partial charge on any atom is 0.136 e. The third-order valence-corrected chi connectivity index (χ3v) is 16.2. The van der Waals surface area contributed by atoms with Gasteiger partial charge in [0.1, 0.15) is 11.2 Å². The highest BCUT2D eigenvalue weighted by molar-refractivity contribution is 7.25. The standard InChI is InChI=1S/C69H47NOS/c1-69(2)62-39-31-49(40-60(62)61-42-51(44-14-5-3-6-15-44)41-59(68(61)69)47-16-7-4-8-17-47)45-24-32-52(33-25-45)70(53-34-26-46(27-35-53)50-30-38-57-56-18-10-12-23-65(56)72-66(57)43-50)54-36-28-48(29-37-54)55-20-13-22-64-67(55)58-19-9-11-21-63(58)71-64/h3-43H,1-2H3. The molecule has 2 nitrogen and oxygen atoms in total. The molecular formula is C69H47NOS. The van der Waals surface area contributed by atoms with Crippen LogP contribution in [0.3, 0.4) is 0 Å². The monoisotopic (exact) mass is 937 g/mol. The van der Waals surface area contributed by atoms with E-state index in [9.17, 15) is 0 Å². The molecule has 3 heteroatoms. The van der Waals surface area contributed by atoms with E-state index in [0.717, 1.165) is 50.1 Å². The number of hydrogen-bond acceptors (Lipinski definition) is 3. The van der Waals surface area contributed by atoms with Crippen LogP contribution >= 0.6 is 11.3 Å². The zero-order valence-corrected chi connectivity index (χ0v) is 40.8. The molecule has 2 heterocycles. The quantitative estimate of drug-likeness (QED) is 0.151. The molecule has 72 heavy (non-hydrogen) atoms. The van der Waals surface area contributed by atoms with E-state index in [1.165, 1.54) is 86.9 Å². The third kappa shape index (κ3) is 6.92. The highest BCUT2D eigenvalue weighted by Crippen LogP contribution is 2.54. The Bertz CT molecular complexity index is 4200. The normalized spacial score (nSPS) is 12.7. The molecule has 14 rings (SSSR count). The topological polar surface area (TPSA) is 16.4 Å². The predicted molar refractivity (Wildman–Crippen MR) is 306 cm³/mol. The molecule has 0 amide bonds. The van der Waals surface area contributed by atoms with Crippen molar-refractivity contribution >= 4 is 70.5 Å². The van der Waals surface area contributed by atoms with Crippen LogP contribution in [0.1, 0.15) is 25.0 Å². The Morgan fingerprint density at radius 3 is 1.54 bits per heavy atom. The maximum atomic E-state index is 6.29. The summed E-state index contributed by atoms with van der Waals surface area (Å²) in [4.78, 5) is 2.37. The molecule has 0 saturated carbocycles. The Labute approximate surface area is 423 Å². The number of benzene rings is 11. The van der Waals surface area contributed by atoms with Crippen molar-refractivity contribution < 1.29 is 4.42 Å². The van der Waals surface area contributed by atoms with Gasteiger partial charge in [0, 0.05) is 53.4 Å². The van der Waals surface area contributed by atoms with E-state index in [-0.39, 0.29) is 5.41 Å². The van der Waals surface area contributed by atoms with Gasteiger partial charge in [-0.15, -0.1) is 11.3 Å². The average molecular weight is 938 g/mol. The minimum Gasteiger partial charge on any atom is -0.456 e. The van der Waals surface area contributed by atoms with Crippen LogP contribution in [-0.2, 0) is 5.41 Å². The number of para-hydroxylation sites is 1. The number of nitrogens with zero attached hydrogens (tertiary/aromatic N) is 1. The van der Waals surface area contributed by atoms with Gasteiger partial charge < -0.3 is 9.32 Å². The van der Waals surface area contributed by atoms with Crippen LogP contribution in [-0.4, -0.2) is 0 Å². The summed E-state index contributed by atoms with van der Waals surface area (Å²) >= 11 is 1.86. The molecule has 2 aromatic heterocycles. The summed E-state index contributed by atoms with van der Waals surface area (Å²) in [5, 5.41) is 4.91. The molecule has 0 atom stereocenters. The van der Waals surface area contributed by atoms with E-state index >= 15 is 0 Å². The van der Waals surface area contributed by atoms with E-state index < -0.39 is 0 Å². The fourth-order valence-electron chi connectivity index (χ4n) is 11.6. The van der Waals surface area contributed by atoms with Gasteiger partial charge in [-0.05, 0) is 157 Å². The molecule has 13 aromatic rings. The Hall–Kier alpha value is -8.76.